The highest BCUT2D eigenvalue weighted by atomic mass is 28.4. The van der Waals surface area contributed by atoms with Crippen LogP contribution < -0.4 is 0 Å². The number of esters is 1. The lowest BCUT2D eigenvalue weighted by Gasteiger charge is -2.35. The van der Waals surface area contributed by atoms with Crippen molar-refractivity contribution in [2.24, 2.45) is 0 Å². The van der Waals surface area contributed by atoms with Crippen molar-refractivity contribution in [3.63, 3.8) is 0 Å². The molecule has 0 amide bonds. The minimum Gasteiger partial charge on any atom is -0.464 e. The second-order valence-electron chi connectivity index (χ2n) is 6.46. The molecule has 21 heavy (non-hydrogen) atoms. The Morgan fingerprint density at radius 2 is 2.05 bits per heavy atom. The summed E-state index contributed by atoms with van der Waals surface area (Å²) in [5, 5.41) is 4.35. The molecule has 1 rings (SSSR count). The van der Waals surface area contributed by atoms with Crippen LogP contribution >= 0.6 is 0 Å². The highest BCUT2D eigenvalue weighted by Crippen LogP contribution is 2.36. The fourth-order valence-electron chi connectivity index (χ4n) is 1.40. The summed E-state index contributed by atoms with van der Waals surface area (Å²) in [7, 11) is -0.338. The molecule has 0 unspecified atom stereocenters. The molecule has 0 saturated heterocycles. The van der Waals surface area contributed by atoms with Crippen molar-refractivity contribution in [3.8, 4) is 0 Å². The topological polar surface area (TPSA) is 53.4 Å². The average Bonchev–Trinajstić information content (AvgIpc) is 2.84. The number of methoxy groups -OCH3 is 1. The lowest BCUT2D eigenvalue weighted by Crippen LogP contribution is -2.40. The molecule has 0 radical (unpaired) electrons. The highest BCUT2D eigenvalue weighted by molar-refractivity contribution is 6.74. The fourth-order valence-corrected chi connectivity index (χ4v) is 2.35. The van der Waals surface area contributed by atoms with Gasteiger partial charge in [-0.25, -0.2) is 4.79 Å². The summed E-state index contributed by atoms with van der Waals surface area (Å²) in [6.45, 7) is 12.4. The zero-order valence-electron chi connectivity index (χ0n) is 13.8. The molecule has 0 aliphatic heterocycles. The third-order valence-electron chi connectivity index (χ3n) is 3.84. The zero-order chi connectivity index (χ0) is 16.1. The second kappa shape index (κ2) is 7.04. The van der Waals surface area contributed by atoms with Crippen LogP contribution in [-0.2, 0) is 15.7 Å². The summed E-state index contributed by atoms with van der Waals surface area (Å²) in [5.41, 5.74) is 0.323. The molecule has 0 spiro atoms. The zero-order valence-corrected chi connectivity index (χ0v) is 14.8. The van der Waals surface area contributed by atoms with Crippen LogP contribution in [0.15, 0.2) is 24.4 Å². The Hall–Kier alpha value is -1.40. The molecule has 0 atom stereocenters. The van der Waals surface area contributed by atoms with Crippen LogP contribution in [0.2, 0.25) is 18.1 Å². The van der Waals surface area contributed by atoms with Gasteiger partial charge in [0.1, 0.15) is 0 Å². The van der Waals surface area contributed by atoms with Crippen LogP contribution in [0.3, 0.4) is 0 Å². The van der Waals surface area contributed by atoms with Crippen molar-refractivity contribution in [2.75, 3.05) is 13.7 Å². The van der Waals surface area contributed by atoms with Gasteiger partial charge in [0.2, 0.25) is 0 Å². The van der Waals surface area contributed by atoms with Crippen LogP contribution in [0.25, 0.3) is 0 Å². The van der Waals surface area contributed by atoms with Gasteiger partial charge in [0, 0.05) is 6.20 Å². The van der Waals surface area contributed by atoms with E-state index in [0.29, 0.717) is 18.8 Å². The van der Waals surface area contributed by atoms with Gasteiger partial charge in [-0.2, -0.15) is 5.10 Å². The largest absolute Gasteiger partial charge is 0.464 e. The quantitative estimate of drug-likeness (QED) is 0.460. The molecule has 1 heterocycles. The fraction of sp³-hybridized carbons (Fsp3) is 0.600. The van der Waals surface area contributed by atoms with Crippen molar-refractivity contribution < 1.29 is 14.0 Å². The molecular weight excluding hydrogens is 284 g/mol. The van der Waals surface area contributed by atoms with Crippen LogP contribution in [0, 0.1) is 0 Å². The molecule has 118 valence electrons. The SMILES string of the molecule is COC(=O)c1ccn(C/C=C\CO[Si](C)(C)C(C)(C)C)n1. The second-order valence-corrected chi connectivity index (χ2v) is 11.3. The van der Waals surface area contributed by atoms with Crippen LogP contribution in [0.5, 0.6) is 0 Å². The standard InChI is InChI=1S/C15H26N2O3Si/c1-15(2,3)21(5,6)20-12-8-7-10-17-11-9-13(16-17)14(18)19-4/h7-9,11H,10,12H2,1-6H3/b8-7-. The van der Waals surface area contributed by atoms with Crippen molar-refractivity contribution >= 4 is 14.3 Å². The lowest BCUT2D eigenvalue weighted by atomic mass is 10.2. The highest BCUT2D eigenvalue weighted by Gasteiger charge is 2.36. The first-order valence-electron chi connectivity index (χ1n) is 7.08. The third-order valence-corrected chi connectivity index (χ3v) is 8.34. The lowest BCUT2D eigenvalue weighted by molar-refractivity contribution is 0.0593. The van der Waals surface area contributed by atoms with Gasteiger partial charge >= 0.3 is 5.97 Å². The summed E-state index contributed by atoms with van der Waals surface area (Å²) in [5.74, 6) is -0.418. The first-order valence-corrected chi connectivity index (χ1v) is 9.99. The molecule has 5 nitrogen and oxygen atoms in total. The summed E-state index contributed by atoms with van der Waals surface area (Å²) >= 11 is 0. The number of rotatable bonds is 6. The number of carbonyl (C=O) groups is 1. The summed E-state index contributed by atoms with van der Waals surface area (Å²) in [4.78, 5) is 11.3. The molecule has 0 saturated carbocycles. The maximum Gasteiger partial charge on any atom is 0.358 e. The molecule has 0 aromatic carbocycles. The Labute approximate surface area is 128 Å². The predicted octanol–water partition coefficient (Wildman–Crippen LogP) is 3.25. The Morgan fingerprint density at radius 3 is 2.62 bits per heavy atom. The Bertz CT molecular complexity index is 501. The van der Waals surface area contributed by atoms with Gasteiger partial charge in [-0.1, -0.05) is 32.9 Å². The maximum atomic E-state index is 11.3. The number of aromatic nitrogens is 2. The number of ether oxygens (including phenoxy) is 1. The molecular formula is C15H26N2O3Si. The van der Waals surface area contributed by atoms with Gasteiger partial charge in [0.15, 0.2) is 14.0 Å². The minimum absolute atomic E-state index is 0.220. The van der Waals surface area contributed by atoms with Gasteiger partial charge in [-0.3, -0.25) is 4.68 Å². The van der Waals surface area contributed by atoms with Crippen molar-refractivity contribution in [2.45, 2.75) is 45.4 Å². The van der Waals surface area contributed by atoms with Crippen LogP contribution in [-0.4, -0.2) is 37.8 Å². The number of allylic oxidation sites excluding steroid dienone is 1. The van der Waals surface area contributed by atoms with Gasteiger partial charge in [-0.05, 0) is 24.2 Å². The molecule has 0 N–H and O–H groups in total. The molecule has 1 aromatic heterocycles. The third kappa shape index (κ3) is 5.13. The van der Waals surface area contributed by atoms with E-state index in [1.165, 1.54) is 7.11 Å². The summed E-state index contributed by atoms with van der Waals surface area (Å²) in [6, 6.07) is 1.64. The van der Waals surface area contributed by atoms with E-state index < -0.39 is 14.3 Å². The Kier molecular flexibility index (Phi) is 5.92. The molecule has 0 bridgehead atoms. The normalized spacial score (nSPS) is 12.9. The van der Waals surface area contributed by atoms with E-state index in [0.717, 1.165) is 0 Å². The van der Waals surface area contributed by atoms with E-state index in [1.807, 2.05) is 12.2 Å². The Morgan fingerprint density at radius 1 is 1.38 bits per heavy atom. The van der Waals surface area contributed by atoms with Gasteiger partial charge in [0.25, 0.3) is 0 Å². The first kappa shape index (κ1) is 17.6. The first-order chi connectivity index (χ1) is 9.67. The van der Waals surface area contributed by atoms with Gasteiger partial charge in [-0.15, -0.1) is 0 Å². The number of hydrogen-bond acceptors (Lipinski definition) is 4. The number of nitrogens with zero attached hydrogens (tertiary/aromatic N) is 2. The predicted molar refractivity (Wildman–Crippen MR) is 85.9 cm³/mol. The van der Waals surface area contributed by atoms with E-state index >= 15 is 0 Å². The van der Waals surface area contributed by atoms with Gasteiger partial charge in [0.05, 0.1) is 20.3 Å². The van der Waals surface area contributed by atoms with E-state index in [2.05, 4.69) is 43.7 Å². The average molecular weight is 310 g/mol. The van der Waals surface area contributed by atoms with Crippen LogP contribution in [0.1, 0.15) is 31.3 Å². The van der Waals surface area contributed by atoms with Crippen molar-refractivity contribution in [3.05, 3.63) is 30.1 Å². The van der Waals surface area contributed by atoms with E-state index in [4.69, 9.17) is 4.43 Å². The minimum atomic E-state index is -1.68. The maximum absolute atomic E-state index is 11.3. The van der Waals surface area contributed by atoms with Crippen molar-refractivity contribution in [1.29, 1.82) is 0 Å². The van der Waals surface area contributed by atoms with Crippen LogP contribution in [0.4, 0.5) is 0 Å². The number of carbonyl (C=O) groups excluding carboxylic acids is 1. The molecule has 1 aromatic rings. The van der Waals surface area contributed by atoms with E-state index in [-0.39, 0.29) is 5.04 Å². The van der Waals surface area contributed by atoms with Gasteiger partial charge < -0.3 is 9.16 Å². The van der Waals surface area contributed by atoms with Crippen molar-refractivity contribution in [1.82, 2.24) is 9.78 Å². The summed E-state index contributed by atoms with van der Waals surface area (Å²) < 4.78 is 12.3. The Balaban J connectivity index is 2.42. The molecule has 0 fully saturated rings. The molecule has 6 heteroatoms. The molecule has 0 aliphatic rings. The number of hydrogen-bond donors (Lipinski definition) is 0. The monoisotopic (exact) mass is 310 g/mol. The summed E-state index contributed by atoms with van der Waals surface area (Å²) in [6.07, 6.45) is 5.74. The molecule has 0 aliphatic carbocycles. The van der Waals surface area contributed by atoms with E-state index in [1.54, 1.807) is 16.9 Å². The smallest absolute Gasteiger partial charge is 0.358 e. The van der Waals surface area contributed by atoms with E-state index in [9.17, 15) is 4.79 Å².